The largest absolute Gasteiger partial charge is 0.503 e. The number of pyridine rings is 1. The van der Waals surface area contributed by atoms with Crippen molar-refractivity contribution < 1.29 is 14.3 Å². The highest BCUT2D eigenvalue weighted by Crippen LogP contribution is 2.35. The van der Waals surface area contributed by atoms with E-state index in [1.54, 1.807) is 24.6 Å². The van der Waals surface area contributed by atoms with Crippen LogP contribution in [0, 0.1) is 0 Å². The monoisotopic (exact) mass is 411 g/mol. The number of nitrogens with zero attached hydrogens (tertiary/aromatic N) is 3. The van der Waals surface area contributed by atoms with Crippen LogP contribution in [0.1, 0.15) is 5.56 Å². The molecule has 4 rings (SSSR count). The number of furan rings is 1. The Balaban J connectivity index is 1.83. The molecule has 1 aromatic carbocycles. The molecule has 0 unspecified atom stereocenters. The van der Waals surface area contributed by atoms with Gasteiger partial charge in [-0.25, -0.2) is 9.98 Å². The molecule has 4 aromatic rings. The van der Waals surface area contributed by atoms with Crippen LogP contribution in [-0.4, -0.2) is 27.8 Å². The Morgan fingerprint density at radius 3 is 2.92 bits per heavy atom. The van der Waals surface area contributed by atoms with Crippen LogP contribution in [0.3, 0.4) is 0 Å². The Morgan fingerprint density at radius 2 is 2.15 bits per heavy atom. The maximum atomic E-state index is 9.94. The minimum atomic E-state index is 0.0516. The molecule has 3 heterocycles. The van der Waals surface area contributed by atoms with E-state index in [4.69, 9.17) is 9.15 Å². The molecule has 0 aliphatic heterocycles. The predicted octanol–water partition coefficient (Wildman–Crippen LogP) is 4.82. The molecule has 0 saturated heterocycles. The summed E-state index contributed by atoms with van der Waals surface area (Å²) < 4.78 is 13.1. The average Bonchev–Trinajstić information content (AvgIpc) is 3.30. The first-order chi connectivity index (χ1) is 12.7. The van der Waals surface area contributed by atoms with Gasteiger partial charge in [0.1, 0.15) is 5.65 Å². The summed E-state index contributed by atoms with van der Waals surface area (Å²) in [5.41, 5.74) is 2.19. The molecular weight excluding hydrogens is 398 g/mol. The van der Waals surface area contributed by atoms with Crippen LogP contribution in [0.4, 0.5) is 5.82 Å². The standard InChI is InChI=1S/C19H14BrN3O3/c1-25-15-10-12(9-13(20)18(15)24)11-21-19-17(14-5-4-8-26-14)22-16-6-2-3-7-23(16)19/h2-11,24H,1H3/b21-11+. The molecule has 0 atom stereocenters. The maximum absolute atomic E-state index is 9.94. The Hall–Kier alpha value is -3.06. The van der Waals surface area contributed by atoms with Gasteiger partial charge in [-0.2, -0.15) is 0 Å². The van der Waals surface area contributed by atoms with Gasteiger partial charge in [0.25, 0.3) is 0 Å². The van der Waals surface area contributed by atoms with Gasteiger partial charge in [-0.15, -0.1) is 0 Å². The predicted molar refractivity (Wildman–Crippen MR) is 103 cm³/mol. The van der Waals surface area contributed by atoms with Crippen LogP contribution in [0.15, 0.2) is 68.8 Å². The number of aliphatic imine (C=N–C) groups is 1. The highest BCUT2D eigenvalue weighted by molar-refractivity contribution is 9.10. The van der Waals surface area contributed by atoms with Crippen LogP contribution >= 0.6 is 15.9 Å². The minimum absolute atomic E-state index is 0.0516. The van der Waals surface area contributed by atoms with Gasteiger partial charge in [0.2, 0.25) is 0 Å². The van der Waals surface area contributed by atoms with Gasteiger partial charge in [-0.05, 0) is 57.9 Å². The van der Waals surface area contributed by atoms with Crippen molar-refractivity contribution in [1.82, 2.24) is 9.38 Å². The number of phenols is 1. The number of methoxy groups -OCH3 is 1. The lowest BCUT2D eigenvalue weighted by Gasteiger charge is -2.06. The number of benzene rings is 1. The summed E-state index contributed by atoms with van der Waals surface area (Å²) in [5.74, 6) is 1.71. The van der Waals surface area contributed by atoms with E-state index in [-0.39, 0.29) is 5.75 Å². The van der Waals surface area contributed by atoms with Crippen molar-refractivity contribution >= 4 is 33.6 Å². The van der Waals surface area contributed by atoms with E-state index in [1.807, 2.05) is 40.9 Å². The highest BCUT2D eigenvalue weighted by Gasteiger charge is 2.15. The molecule has 1 N–H and O–H groups in total. The molecule has 6 nitrogen and oxygen atoms in total. The summed E-state index contributed by atoms with van der Waals surface area (Å²) in [6, 6.07) is 12.9. The minimum Gasteiger partial charge on any atom is -0.503 e. The van der Waals surface area contributed by atoms with Crippen molar-refractivity contribution in [2.45, 2.75) is 0 Å². The Labute approximate surface area is 157 Å². The summed E-state index contributed by atoms with van der Waals surface area (Å²) in [6.07, 6.45) is 5.19. The van der Waals surface area contributed by atoms with Crippen LogP contribution in [0.2, 0.25) is 0 Å². The molecule has 0 fully saturated rings. The molecule has 0 bridgehead atoms. The van der Waals surface area contributed by atoms with E-state index in [0.717, 1.165) is 11.2 Å². The number of halogens is 1. The van der Waals surface area contributed by atoms with Crippen molar-refractivity contribution in [2.75, 3.05) is 7.11 Å². The smallest absolute Gasteiger partial charge is 0.172 e. The Bertz CT molecular complexity index is 1100. The number of ether oxygens (including phenoxy) is 1. The van der Waals surface area contributed by atoms with Crippen molar-refractivity contribution in [1.29, 1.82) is 0 Å². The molecule has 0 spiro atoms. The van der Waals surface area contributed by atoms with E-state index in [0.29, 0.717) is 27.5 Å². The summed E-state index contributed by atoms with van der Waals surface area (Å²) in [4.78, 5) is 9.24. The Kier molecular flexibility index (Phi) is 4.22. The Morgan fingerprint density at radius 1 is 1.27 bits per heavy atom. The van der Waals surface area contributed by atoms with Crippen LogP contribution in [0.25, 0.3) is 17.1 Å². The number of fused-ring (bicyclic) bond motifs is 1. The van der Waals surface area contributed by atoms with E-state index >= 15 is 0 Å². The molecule has 7 heteroatoms. The number of aromatic hydroxyl groups is 1. The average molecular weight is 412 g/mol. The number of hydrogen-bond donors (Lipinski definition) is 1. The second-order valence-electron chi connectivity index (χ2n) is 5.50. The van der Waals surface area contributed by atoms with Crippen LogP contribution in [-0.2, 0) is 0 Å². The summed E-state index contributed by atoms with van der Waals surface area (Å²) in [5, 5.41) is 9.94. The zero-order chi connectivity index (χ0) is 18.1. The van der Waals surface area contributed by atoms with E-state index < -0.39 is 0 Å². The SMILES string of the molecule is COc1cc(/C=N/c2c(-c3ccco3)nc3ccccn23)cc(Br)c1O. The lowest BCUT2D eigenvalue weighted by Crippen LogP contribution is -1.89. The van der Waals surface area contributed by atoms with Crippen molar-refractivity contribution in [3.63, 3.8) is 0 Å². The first-order valence-electron chi connectivity index (χ1n) is 7.79. The van der Waals surface area contributed by atoms with Crippen molar-refractivity contribution in [3.8, 4) is 23.0 Å². The van der Waals surface area contributed by atoms with Crippen molar-refractivity contribution in [3.05, 3.63) is 65.0 Å². The molecule has 0 radical (unpaired) electrons. The highest BCUT2D eigenvalue weighted by atomic mass is 79.9. The normalized spacial score (nSPS) is 11.5. The molecular formula is C19H14BrN3O3. The fraction of sp³-hybridized carbons (Fsp3) is 0.0526. The molecule has 26 heavy (non-hydrogen) atoms. The lowest BCUT2D eigenvalue weighted by atomic mass is 10.2. The topological polar surface area (TPSA) is 72.3 Å². The van der Waals surface area contributed by atoms with E-state index in [2.05, 4.69) is 25.9 Å². The van der Waals surface area contributed by atoms with Gasteiger partial charge in [0, 0.05) is 12.4 Å². The first kappa shape index (κ1) is 16.4. The molecule has 0 aliphatic carbocycles. The number of phenolic OH excluding ortho intramolecular Hbond substituents is 1. The number of rotatable bonds is 4. The quantitative estimate of drug-likeness (QED) is 0.488. The number of imidazole rings is 1. The first-order valence-corrected chi connectivity index (χ1v) is 8.58. The molecule has 3 aromatic heterocycles. The zero-order valence-corrected chi connectivity index (χ0v) is 15.3. The van der Waals surface area contributed by atoms with Crippen molar-refractivity contribution in [2.24, 2.45) is 4.99 Å². The van der Waals surface area contributed by atoms with Crippen LogP contribution in [0.5, 0.6) is 11.5 Å². The number of aromatic nitrogens is 2. The van der Waals surface area contributed by atoms with Gasteiger partial charge in [0.05, 0.1) is 17.8 Å². The summed E-state index contributed by atoms with van der Waals surface area (Å²) in [7, 11) is 1.50. The van der Waals surface area contributed by atoms with Gasteiger partial charge >= 0.3 is 0 Å². The summed E-state index contributed by atoms with van der Waals surface area (Å²) >= 11 is 3.32. The lowest BCUT2D eigenvalue weighted by molar-refractivity contribution is 0.372. The third-order valence-corrected chi connectivity index (χ3v) is 4.47. The fourth-order valence-corrected chi connectivity index (χ4v) is 3.10. The third kappa shape index (κ3) is 2.86. The second-order valence-corrected chi connectivity index (χ2v) is 6.36. The molecule has 130 valence electrons. The fourth-order valence-electron chi connectivity index (χ4n) is 2.64. The molecule has 0 saturated carbocycles. The number of hydrogen-bond acceptors (Lipinski definition) is 5. The van der Waals surface area contributed by atoms with E-state index in [9.17, 15) is 5.11 Å². The summed E-state index contributed by atoms with van der Waals surface area (Å²) in [6.45, 7) is 0. The van der Waals surface area contributed by atoms with Gasteiger partial charge in [-0.3, -0.25) is 4.40 Å². The maximum Gasteiger partial charge on any atom is 0.172 e. The molecule has 0 amide bonds. The van der Waals surface area contributed by atoms with E-state index in [1.165, 1.54) is 7.11 Å². The zero-order valence-electron chi connectivity index (χ0n) is 13.8. The van der Waals surface area contributed by atoms with Crippen LogP contribution < -0.4 is 4.74 Å². The van der Waals surface area contributed by atoms with Gasteiger partial charge in [0.15, 0.2) is 28.8 Å². The molecule has 0 aliphatic rings. The van der Waals surface area contributed by atoms with Gasteiger partial charge < -0.3 is 14.3 Å². The second kappa shape index (κ2) is 6.68. The van der Waals surface area contributed by atoms with Gasteiger partial charge in [-0.1, -0.05) is 6.07 Å². The third-order valence-electron chi connectivity index (χ3n) is 3.87.